The van der Waals surface area contributed by atoms with E-state index in [0.29, 0.717) is 0 Å². The molecule has 0 amide bonds. The first-order valence-electron chi connectivity index (χ1n) is 7.45. The molecule has 2 aliphatic rings. The number of rotatable bonds is 5. The van der Waals surface area contributed by atoms with Gasteiger partial charge in [-0.05, 0) is 55.3 Å². The predicted octanol–water partition coefficient (Wildman–Crippen LogP) is 4.09. The summed E-state index contributed by atoms with van der Waals surface area (Å²) in [6, 6.07) is 0. The molecular formula is C15H26B2. The maximum atomic E-state index is 6.49. The van der Waals surface area contributed by atoms with Crippen molar-refractivity contribution in [3.05, 3.63) is 0 Å². The molecule has 0 N–H and O–H groups in total. The zero-order valence-electron chi connectivity index (χ0n) is 11.8. The van der Waals surface area contributed by atoms with E-state index in [-0.39, 0.29) is 5.41 Å². The van der Waals surface area contributed by atoms with Gasteiger partial charge in [0, 0.05) is 0 Å². The van der Waals surface area contributed by atoms with Gasteiger partial charge >= 0.3 is 0 Å². The molecule has 0 heterocycles. The standard InChI is InChI=1S/C15H26B2/c1-4-9-14(2,3)15(16,17)10-13-11-5-6-12(13)8-7-11/h11-13H,4-10H2,1-3H3. The average Bonchev–Trinajstić information content (AvgIpc) is 2.77. The molecule has 0 atom stereocenters. The molecule has 2 aliphatic carbocycles. The highest BCUT2D eigenvalue weighted by Crippen LogP contribution is 2.57. The van der Waals surface area contributed by atoms with E-state index in [2.05, 4.69) is 20.8 Å². The Balaban J connectivity index is 2.01. The van der Waals surface area contributed by atoms with Crippen LogP contribution >= 0.6 is 0 Å². The monoisotopic (exact) mass is 228 g/mol. The molecule has 4 radical (unpaired) electrons. The molecule has 0 spiro atoms. The first-order chi connectivity index (χ1) is 7.87. The summed E-state index contributed by atoms with van der Waals surface area (Å²) in [5.41, 5.74) is 0.0593. The smallest absolute Gasteiger partial charge is 0.0627 e. The third-order valence-corrected chi connectivity index (χ3v) is 5.74. The minimum atomic E-state index is -0.487. The lowest BCUT2D eigenvalue weighted by Crippen LogP contribution is -2.35. The van der Waals surface area contributed by atoms with Crippen LogP contribution in [0.3, 0.4) is 0 Å². The summed E-state index contributed by atoms with van der Waals surface area (Å²) in [5.74, 6) is 2.69. The molecule has 0 aromatic rings. The lowest BCUT2D eigenvalue weighted by Gasteiger charge is -2.45. The Morgan fingerprint density at radius 3 is 1.88 bits per heavy atom. The molecule has 17 heavy (non-hydrogen) atoms. The second kappa shape index (κ2) is 4.67. The van der Waals surface area contributed by atoms with Gasteiger partial charge in [0.15, 0.2) is 0 Å². The van der Waals surface area contributed by atoms with E-state index in [0.717, 1.165) is 30.6 Å². The first kappa shape index (κ1) is 13.6. The van der Waals surface area contributed by atoms with E-state index >= 15 is 0 Å². The van der Waals surface area contributed by atoms with E-state index in [1.165, 1.54) is 32.1 Å². The molecule has 0 aromatic carbocycles. The number of hydrogen-bond donors (Lipinski definition) is 0. The Bertz CT molecular complexity index is 250. The highest BCUT2D eigenvalue weighted by molar-refractivity contribution is 6.40. The first-order valence-corrected chi connectivity index (χ1v) is 7.45. The van der Waals surface area contributed by atoms with Crippen molar-refractivity contribution in [1.82, 2.24) is 0 Å². The molecule has 0 saturated heterocycles. The molecule has 2 bridgehead atoms. The van der Waals surface area contributed by atoms with Crippen LogP contribution in [0.15, 0.2) is 0 Å². The van der Waals surface area contributed by atoms with E-state index in [9.17, 15) is 0 Å². The second-order valence-corrected chi connectivity index (χ2v) is 7.22. The fraction of sp³-hybridized carbons (Fsp3) is 1.00. The van der Waals surface area contributed by atoms with Crippen LogP contribution in [0.4, 0.5) is 0 Å². The van der Waals surface area contributed by atoms with Crippen LogP contribution in [0.25, 0.3) is 0 Å². The Morgan fingerprint density at radius 1 is 1.00 bits per heavy atom. The summed E-state index contributed by atoms with van der Waals surface area (Å²) in [6.45, 7) is 6.71. The zero-order valence-corrected chi connectivity index (χ0v) is 11.8. The zero-order chi connectivity index (χ0) is 12.7. The molecule has 2 heteroatoms. The SMILES string of the molecule is [B]C([B])(CC1C2CCC1CC2)C(C)(C)CCC. The van der Waals surface area contributed by atoms with Crippen LogP contribution in [-0.2, 0) is 0 Å². The highest BCUT2D eigenvalue weighted by Gasteiger charge is 2.46. The van der Waals surface area contributed by atoms with Gasteiger partial charge in [0.2, 0.25) is 0 Å². The van der Waals surface area contributed by atoms with Gasteiger partial charge < -0.3 is 0 Å². The van der Waals surface area contributed by atoms with Gasteiger partial charge in [0.05, 0.1) is 15.7 Å². The predicted molar refractivity (Wildman–Crippen MR) is 76.4 cm³/mol. The maximum absolute atomic E-state index is 6.49. The van der Waals surface area contributed by atoms with Crippen LogP contribution in [-0.4, -0.2) is 15.7 Å². The number of fused-ring (bicyclic) bond motifs is 2. The van der Waals surface area contributed by atoms with Crippen molar-refractivity contribution in [1.29, 1.82) is 0 Å². The third kappa shape index (κ3) is 2.47. The third-order valence-electron chi connectivity index (χ3n) is 5.74. The van der Waals surface area contributed by atoms with Gasteiger partial charge in [-0.15, -0.1) is 0 Å². The largest absolute Gasteiger partial charge is 0.0938 e. The molecule has 0 aliphatic heterocycles. The van der Waals surface area contributed by atoms with Crippen molar-refractivity contribution in [3.63, 3.8) is 0 Å². The topological polar surface area (TPSA) is 0 Å². The molecule has 2 rings (SSSR count). The van der Waals surface area contributed by atoms with Gasteiger partial charge in [-0.1, -0.05) is 38.8 Å². The van der Waals surface area contributed by atoms with Gasteiger partial charge in [-0.2, -0.15) is 0 Å². The molecule has 2 fully saturated rings. The lowest BCUT2D eigenvalue weighted by atomic mass is 9.39. The summed E-state index contributed by atoms with van der Waals surface area (Å²) in [6.07, 6.45) is 9.05. The average molecular weight is 228 g/mol. The molecule has 0 aromatic heterocycles. The highest BCUT2D eigenvalue weighted by atomic mass is 14.5. The lowest BCUT2D eigenvalue weighted by molar-refractivity contribution is 0.221. The Hall–Kier alpha value is 0.130. The van der Waals surface area contributed by atoms with Crippen molar-refractivity contribution in [2.24, 2.45) is 23.2 Å². The molecule has 92 valence electrons. The maximum Gasteiger partial charge on any atom is 0.0627 e. The molecule has 0 unspecified atom stereocenters. The summed E-state index contributed by atoms with van der Waals surface area (Å²) in [4.78, 5) is 0. The van der Waals surface area contributed by atoms with Crippen molar-refractivity contribution in [2.45, 2.75) is 70.9 Å². The van der Waals surface area contributed by atoms with E-state index < -0.39 is 5.21 Å². The van der Waals surface area contributed by atoms with E-state index in [4.69, 9.17) is 15.7 Å². The Labute approximate surface area is 110 Å². The van der Waals surface area contributed by atoms with E-state index in [1.807, 2.05) is 0 Å². The van der Waals surface area contributed by atoms with Gasteiger partial charge in [-0.3, -0.25) is 0 Å². The fourth-order valence-corrected chi connectivity index (χ4v) is 4.24. The van der Waals surface area contributed by atoms with Crippen LogP contribution in [0.2, 0.25) is 5.21 Å². The summed E-state index contributed by atoms with van der Waals surface area (Å²) < 4.78 is 0. The van der Waals surface area contributed by atoms with Gasteiger partial charge in [-0.25, -0.2) is 0 Å². The summed E-state index contributed by atoms with van der Waals surface area (Å²) >= 11 is 0. The van der Waals surface area contributed by atoms with Crippen LogP contribution < -0.4 is 0 Å². The van der Waals surface area contributed by atoms with Crippen molar-refractivity contribution >= 4 is 15.7 Å². The van der Waals surface area contributed by atoms with Gasteiger partial charge in [0.1, 0.15) is 0 Å². The second-order valence-electron chi connectivity index (χ2n) is 7.22. The van der Waals surface area contributed by atoms with Gasteiger partial charge in [0.25, 0.3) is 0 Å². The molecule has 0 nitrogen and oxygen atoms in total. The summed E-state index contributed by atoms with van der Waals surface area (Å²) in [5, 5.41) is -0.487. The van der Waals surface area contributed by atoms with Crippen LogP contribution in [0.5, 0.6) is 0 Å². The molecular weight excluding hydrogens is 202 g/mol. The van der Waals surface area contributed by atoms with Crippen molar-refractivity contribution < 1.29 is 0 Å². The Morgan fingerprint density at radius 2 is 1.47 bits per heavy atom. The van der Waals surface area contributed by atoms with Crippen LogP contribution in [0.1, 0.15) is 65.7 Å². The Kier molecular flexibility index (Phi) is 3.72. The van der Waals surface area contributed by atoms with E-state index in [1.54, 1.807) is 0 Å². The van der Waals surface area contributed by atoms with Crippen LogP contribution in [0, 0.1) is 23.2 Å². The van der Waals surface area contributed by atoms with Crippen molar-refractivity contribution in [3.8, 4) is 0 Å². The minimum Gasteiger partial charge on any atom is -0.0938 e. The summed E-state index contributed by atoms with van der Waals surface area (Å²) in [7, 11) is 13.0. The fourth-order valence-electron chi connectivity index (χ4n) is 4.24. The van der Waals surface area contributed by atoms with Crippen molar-refractivity contribution in [2.75, 3.05) is 0 Å². The quantitative estimate of drug-likeness (QED) is 0.621. The normalized spacial score (nSPS) is 33.2. The minimum absolute atomic E-state index is 0.0593. The number of hydrogen-bond acceptors (Lipinski definition) is 0. The molecule has 2 saturated carbocycles.